The minimum atomic E-state index is 0.884. The van der Waals surface area contributed by atoms with Crippen molar-refractivity contribution in [2.45, 2.75) is 13.8 Å². The predicted molar refractivity (Wildman–Crippen MR) is 103 cm³/mol. The fraction of sp³-hybridized carbons (Fsp3) is 0.0909. The Bertz CT molecular complexity index is 1250. The van der Waals surface area contributed by atoms with Crippen molar-refractivity contribution in [3.05, 3.63) is 77.9 Å². The second-order valence-corrected chi connectivity index (χ2v) is 6.61. The third-order valence-corrected chi connectivity index (χ3v) is 4.82. The standard InChI is InChI=1S/C22H17N3/c1-14-7-10-16(11-8-14)21-23-24-22-19-13-15(2)9-12-17(19)18-5-3-4-6-20(18)25(21)22/h3-13H,1-2H3. The molecule has 0 radical (unpaired) electrons. The van der Waals surface area contributed by atoms with Gasteiger partial charge in [0.25, 0.3) is 0 Å². The first-order chi connectivity index (χ1) is 12.2. The summed E-state index contributed by atoms with van der Waals surface area (Å²) in [6, 6.07) is 23.5. The Morgan fingerprint density at radius 1 is 0.680 bits per heavy atom. The van der Waals surface area contributed by atoms with Crippen LogP contribution < -0.4 is 0 Å². The molecule has 2 heterocycles. The molecule has 0 spiro atoms. The van der Waals surface area contributed by atoms with Crippen molar-refractivity contribution in [2.24, 2.45) is 0 Å². The van der Waals surface area contributed by atoms with Gasteiger partial charge in [0.2, 0.25) is 0 Å². The molecule has 0 N–H and O–H groups in total. The minimum Gasteiger partial charge on any atom is -0.274 e. The molecule has 0 aliphatic carbocycles. The summed E-state index contributed by atoms with van der Waals surface area (Å²) in [5.74, 6) is 0.884. The molecule has 0 amide bonds. The van der Waals surface area contributed by atoms with E-state index >= 15 is 0 Å². The molecule has 3 aromatic carbocycles. The number of aryl methyl sites for hydroxylation is 2. The van der Waals surface area contributed by atoms with Crippen LogP contribution in [0.3, 0.4) is 0 Å². The average molecular weight is 323 g/mol. The largest absolute Gasteiger partial charge is 0.274 e. The van der Waals surface area contributed by atoms with Crippen LogP contribution in [0.15, 0.2) is 66.7 Å². The zero-order valence-corrected chi connectivity index (χ0v) is 14.2. The molecule has 3 nitrogen and oxygen atoms in total. The number of hydrogen-bond donors (Lipinski definition) is 0. The highest BCUT2D eigenvalue weighted by Gasteiger charge is 2.15. The topological polar surface area (TPSA) is 30.2 Å². The third kappa shape index (κ3) is 2.06. The summed E-state index contributed by atoms with van der Waals surface area (Å²) in [7, 11) is 0. The summed E-state index contributed by atoms with van der Waals surface area (Å²) >= 11 is 0. The van der Waals surface area contributed by atoms with Crippen LogP contribution in [0.2, 0.25) is 0 Å². The van der Waals surface area contributed by atoms with Crippen LogP contribution in [0.25, 0.3) is 38.7 Å². The summed E-state index contributed by atoms with van der Waals surface area (Å²) in [6.45, 7) is 4.21. The second-order valence-electron chi connectivity index (χ2n) is 6.61. The molecule has 2 aromatic heterocycles. The highest BCUT2D eigenvalue weighted by molar-refractivity contribution is 6.12. The Kier molecular flexibility index (Phi) is 2.92. The van der Waals surface area contributed by atoms with Gasteiger partial charge >= 0.3 is 0 Å². The molecule has 120 valence electrons. The van der Waals surface area contributed by atoms with E-state index in [9.17, 15) is 0 Å². The van der Waals surface area contributed by atoms with Crippen molar-refractivity contribution < 1.29 is 0 Å². The van der Waals surface area contributed by atoms with Crippen molar-refractivity contribution in [2.75, 3.05) is 0 Å². The lowest BCUT2D eigenvalue weighted by atomic mass is 10.0. The van der Waals surface area contributed by atoms with Gasteiger partial charge in [-0.2, -0.15) is 0 Å². The van der Waals surface area contributed by atoms with Gasteiger partial charge in [-0.05, 0) is 31.4 Å². The smallest absolute Gasteiger partial charge is 0.169 e. The average Bonchev–Trinajstić information content (AvgIpc) is 3.08. The zero-order chi connectivity index (χ0) is 17.0. The van der Waals surface area contributed by atoms with Crippen molar-refractivity contribution in [3.63, 3.8) is 0 Å². The number of fused-ring (bicyclic) bond motifs is 6. The summed E-state index contributed by atoms with van der Waals surface area (Å²) < 4.78 is 2.18. The lowest BCUT2D eigenvalue weighted by Gasteiger charge is -2.10. The molecular weight excluding hydrogens is 306 g/mol. The van der Waals surface area contributed by atoms with Crippen LogP contribution in [0, 0.1) is 13.8 Å². The first-order valence-electron chi connectivity index (χ1n) is 8.45. The number of aromatic nitrogens is 3. The molecule has 0 unspecified atom stereocenters. The van der Waals surface area contributed by atoms with E-state index in [1.54, 1.807) is 0 Å². The molecule has 0 bridgehead atoms. The van der Waals surface area contributed by atoms with E-state index in [1.807, 2.05) is 0 Å². The normalized spacial score (nSPS) is 11.6. The Morgan fingerprint density at radius 3 is 2.28 bits per heavy atom. The van der Waals surface area contributed by atoms with Gasteiger partial charge in [-0.3, -0.25) is 4.40 Å². The summed E-state index contributed by atoms with van der Waals surface area (Å²) in [6.07, 6.45) is 0. The van der Waals surface area contributed by atoms with E-state index < -0.39 is 0 Å². The van der Waals surface area contributed by atoms with E-state index in [0.717, 1.165) is 27.9 Å². The SMILES string of the molecule is Cc1ccc(-c2nnc3c4cc(C)ccc4c4ccccc4n23)cc1. The number of rotatable bonds is 1. The van der Waals surface area contributed by atoms with Crippen LogP contribution in [0.5, 0.6) is 0 Å². The Hall–Kier alpha value is -3.20. The first kappa shape index (κ1) is 14.2. The second kappa shape index (κ2) is 5.15. The monoisotopic (exact) mass is 323 g/mol. The maximum absolute atomic E-state index is 4.55. The summed E-state index contributed by atoms with van der Waals surface area (Å²) in [5.41, 5.74) is 5.59. The number of para-hydroxylation sites is 1. The number of pyridine rings is 1. The van der Waals surface area contributed by atoms with E-state index in [4.69, 9.17) is 0 Å². The molecule has 5 aromatic rings. The molecule has 3 heteroatoms. The highest BCUT2D eigenvalue weighted by atomic mass is 15.2. The van der Waals surface area contributed by atoms with E-state index in [2.05, 4.69) is 95.2 Å². The molecule has 0 atom stereocenters. The first-order valence-corrected chi connectivity index (χ1v) is 8.45. The van der Waals surface area contributed by atoms with Crippen LogP contribution in [0.1, 0.15) is 11.1 Å². The van der Waals surface area contributed by atoms with Gasteiger partial charge in [-0.25, -0.2) is 0 Å². The van der Waals surface area contributed by atoms with Crippen molar-refractivity contribution in [3.8, 4) is 11.4 Å². The van der Waals surface area contributed by atoms with Gasteiger partial charge in [0.05, 0.1) is 5.52 Å². The highest BCUT2D eigenvalue weighted by Crippen LogP contribution is 2.32. The molecule has 5 rings (SSSR count). The fourth-order valence-electron chi connectivity index (χ4n) is 3.55. The molecule has 0 aliphatic rings. The third-order valence-electron chi connectivity index (χ3n) is 4.82. The Balaban J connectivity index is 2.00. The van der Waals surface area contributed by atoms with Gasteiger partial charge in [0.1, 0.15) is 0 Å². The van der Waals surface area contributed by atoms with Crippen LogP contribution in [0.4, 0.5) is 0 Å². The maximum Gasteiger partial charge on any atom is 0.169 e. The lowest BCUT2D eigenvalue weighted by molar-refractivity contribution is 1.12. The Labute approximate surface area is 145 Å². The molecule has 25 heavy (non-hydrogen) atoms. The lowest BCUT2D eigenvalue weighted by Crippen LogP contribution is -1.94. The summed E-state index contributed by atoms with van der Waals surface area (Å²) in [4.78, 5) is 0. The zero-order valence-electron chi connectivity index (χ0n) is 14.2. The maximum atomic E-state index is 4.55. The van der Waals surface area contributed by atoms with Crippen molar-refractivity contribution in [1.82, 2.24) is 14.6 Å². The molecule has 0 aliphatic heterocycles. The molecular formula is C22H17N3. The molecule has 0 fully saturated rings. The van der Waals surface area contributed by atoms with E-state index in [-0.39, 0.29) is 0 Å². The van der Waals surface area contributed by atoms with Crippen LogP contribution in [-0.2, 0) is 0 Å². The number of benzene rings is 3. The number of hydrogen-bond acceptors (Lipinski definition) is 2. The van der Waals surface area contributed by atoms with Gasteiger partial charge in [0, 0.05) is 16.3 Å². The van der Waals surface area contributed by atoms with Gasteiger partial charge in [-0.15, -0.1) is 10.2 Å². The predicted octanol–water partition coefficient (Wildman–Crippen LogP) is 5.32. The van der Waals surface area contributed by atoms with Gasteiger partial charge < -0.3 is 0 Å². The van der Waals surface area contributed by atoms with Crippen molar-refractivity contribution >= 4 is 27.3 Å². The van der Waals surface area contributed by atoms with Gasteiger partial charge in [-0.1, -0.05) is 65.7 Å². The van der Waals surface area contributed by atoms with E-state index in [1.165, 1.54) is 21.9 Å². The Morgan fingerprint density at radius 2 is 1.44 bits per heavy atom. The van der Waals surface area contributed by atoms with Crippen LogP contribution >= 0.6 is 0 Å². The van der Waals surface area contributed by atoms with Crippen LogP contribution in [-0.4, -0.2) is 14.6 Å². The quantitative estimate of drug-likeness (QED) is 0.391. The number of nitrogens with zero attached hydrogens (tertiary/aromatic N) is 3. The fourth-order valence-corrected chi connectivity index (χ4v) is 3.55. The molecule has 0 saturated heterocycles. The summed E-state index contributed by atoms with van der Waals surface area (Å²) in [5, 5.41) is 12.7. The minimum absolute atomic E-state index is 0.884. The van der Waals surface area contributed by atoms with Gasteiger partial charge in [0.15, 0.2) is 11.5 Å². The van der Waals surface area contributed by atoms with Crippen molar-refractivity contribution in [1.29, 1.82) is 0 Å². The van der Waals surface area contributed by atoms with E-state index in [0.29, 0.717) is 0 Å². The molecule has 0 saturated carbocycles.